The summed E-state index contributed by atoms with van der Waals surface area (Å²) < 4.78 is 10.3. The standard InChI is InChI=1S/C14H13N5O3S/c20-10(15-14-18-17-13(23-14)8-3-4-8)5-6-11-16-12(19-22-11)9-2-1-7-21-9/h1-2,7-8H,3-6H2,(H,15,18,20). The molecule has 0 radical (unpaired) electrons. The average molecular weight is 331 g/mol. The summed E-state index contributed by atoms with van der Waals surface area (Å²) >= 11 is 1.44. The summed E-state index contributed by atoms with van der Waals surface area (Å²) in [5.41, 5.74) is 0. The third-order valence-electron chi connectivity index (χ3n) is 3.39. The number of anilines is 1. The largest absolute Gasteiger partial charge is 0.461 e. The highest BCUT2D eigenvalue weighted by atomic mass is 32.1. The fourth-order valence-corrected chi connectivity index (χ4v) is 2.97. The van der Waals surface area contributed by atoms with Crippen molar-refractivity contribution in [2.45, 2.75) is 31.6 Å². The Hall–Kier alpha value is -2.55. The van der Waals surface area contributed by atoms with Gasteiger partial charge in [0.05, 0.1) is 6.26 Å². The van der Waals surface area contributed by atoms with Gasteiger partial charge in [0.25, 0.3) is 0 Å². The lowest BCUT2D eigenvalue weighted by atomic mass is 10.3. The number of carbonyl (C=O) groups is 1. The third-order valence-corrected chi connectivity index (χ3v) is 4.39. The summed E-state index contributed by atoms with van der Waals surface area (Å²) in [5.74, 6) is 1.69. The molecule has 0 unspecified atom stereocenters. The number of carbonyl (C=O) groups excluding carboxylic acids is 1. The predicted molar refractivity (Wildman–Crippen MR) is 80.8 cm³/mol. The molecule has 1 fully saturated rings. The van der Waals surface area contributed by atoms with E-state index >= 15 is 0 Å². The SMILES string of the molecule is O=C(CCc1nc(-c2ccco2)no1)Nc1nnc(C2CC2)s1. The van der Waals surface area contributed by atoms with Crippen LogP contribution < -0.4 is 5.32 Å². The molecule has 0 aromatic carbocycles. The van der Waals surface area contributed by atoms with Gasteiger partial charge < -0.3 is 14.3 Å². The molecule has 1 aliphatic rings. The Balaban J connectivity index is 1.30. The minimum absolute atomic E-state index is 0.152. The van der Waals surface area contributed by atoms with Gasteiger partial charge in [-0.1, -0.05) is 16.5 Å². The maximum Gasteiger partial charge on any atom is 0.238 e. The molecule has 4 rings (SSSR count). The van der Waals surface area contributed by atoms with Gasteiger partial charge in [-0.15, -0.1) is 10.2 Å². The topological polar surface area (TPSA) is 107 Å². The Bertz CT molecular complexity index is 806. The molecular formula is C14H13N5O3S. The number of amides is 1. The van der Waals surface area contributed by atoms with Gasteiger partial charge in [0.2, 0.25) is 22.8 Å². The van der Waals surface area contributed by atoms with E-state index in [0.29, 0.717) is 34.9 Å². The summed E-state index contributed by atoms with van der Waals surface area (Å²) in [7, 11) is 0. The van der Waals surface area contributed by atoms with Crippen LogP contribution in [0, 0.1) is 0 Å². The number of furan rings is 1. The molecule has 0 spiro atoms. The Morgan fingerprint density at radius 2 is 2.30 bits per heavy atom. The second kappa shape index (κ2) is 5.92. The molecule has 3 aromatic heterocycles. The van der Waals surface area contributed by atoms with Crippen molar-refractivity contribution in [2.75, 3.05) is 5.32 Å². The van der Waals surface area contributed by atoms with Crippen molar-refractivity contribution in [1.29, 1.82) is 0 Å². The smallest absolute Gasteiger partial charge is 0.238 e. The van der Waals surface area contributed by atoms with Crippen LogP contribution in [0.15, 0.2) is 27.3 Å². The first-order valence-electron chi connectivity index (χ1n) is 7.27. The van der Waals surface area contributed by atoms with Crippen LogP contribution in [-0.2, 0) is 11.2 Å². The number of rotatable bonds is 6. The van der Waals surface area contributed by atoms with Gasteiger partial charge in [-0.05, 0) is 25.0 Å². The Morgan fingerprint density at radius 1 is 1.39 bits per heavy atom. The Labute approximate surface area is 134 Å². The minimum atomic E-state index is -0.152. The van der Waals surface area contributed by atoms with Crippen LogP contribution in [-0.4, -0.2) is 26.2 Å². The molecule has 3 heterocycles. The van der Waals surface area contributed by atoms with E-state index in [-0.39, 0.29) is 12.3 Å². The highest BCUT2D eigenvalue weighted by Gasteiger charge is 2.27. The van der Waals surface area contributed by atoms with Gasteiger partial charge in [-0.25, -0.2) is 0 Å². The fraction of sp³-hybridized carbons (Fsp3) is 0.357. The highest BCUT2D eigenvalue weighted by Crippen LogP contribution is 2.42. The second-order valence-electron chi connectivity index (χ2n) is 5.26. The molecule has 1 saturated carbocycles. The number of nitrogens with one attached hydrogen (secondary N) is 1. The van der Waals surface area contributed by atoms with Crippen LogP contribution in [0.3, 0.4) is 0 Å². The van der Waals surface area contributed by atoms with Crippen LogP contribution in [0.2, 0.25) is 0 Å². The summed E-state index contributed by atoms with van der Waals surface area (Å²) in [4.78, 5) is 16.1. The normalized spacial score (nSPS) is 14.1. The molecule has 9 heteroatoms. The van der Waals surface area contributed by atoms with Gasteiger partial charge >= 0.3 is 0 Å². The van der Waals surface area contributed by atoms with Crippen molar-refractivity contribution in [3.8, 4) is 11.6 Å². The van der Waals surface area contributed by atoms with Crippen molar-refractivity contribution in [3.05, 3.63) is 29.3 Å². The molecule has 3 aromatic rings. The first kappa shape index (κ1) is 14.1. The van der Waals surface area contributed by atoms with Gasteiger partial charge in [-0.3, -0.25) is 4.79 Å². The van der Waals surface area contributed by atoms with Crippen molar-refractivity contribution < 1.29 is 13.7 Å². The monoisotopic (exact) mass is 331 g/mol. The van der Waals surface area contributed by atoms with E-state index in [1.807, 2.05) is 0 Å². The summed E-state index contributed by atoms with van der Waals surface area (Å²) in [6, 6.07) is 3.49. The summed E-state index contributed by atoms with van der Waals surface area (Å²) in [5, 5.41) is 16.2. The fourth-order valence-electron chi connectivity index (χ4n) is 2.04. The molecule has 0 atom stereocenters. The van der Waals surface area contributed by atoms with E-state index in [9.17, 15) is 4.79 Å². The molecule has 0 saturated heterocycles. The molecule has 0 aliphatic heterocycles. The number of aryl methyl sites for hydroxylation is 1. The molecule has 8 nitrogen and oxygen atoms in total. The quantitative estimate of drug-likeness (QED) is 0.739. The lowest BCUT2D eigenvalue weighted by Crippen LogP contribution is -2.12. The van der Waals surface area contributed by atoms with Gasteiger partial charge in [0.15, 0.2) is 5.76 Å². The predicted octanol–water partition coefficient (Wildman–Crippen LogP) is 2.63. The molecule has 1 N–H and O–H groups in total. The van der Waals surface area contributed by atoms with Gasteiger partial charge in [0, 0.05) is 18.8 Å². The molecule has 118 valence electrons. The van der Waals surface area contributed by atoms with Crippen LogP contribution in [0.25, 0.3) is 11.6 Å². The maximum absolute atomic E-state index is 11.9. The number of nitrogens with zero attached hydrogens (tertiary/aromatic N) is 4. The molecule has 1 aliphatic carbocycles. The van der Waals surface area contributed by atoms with E-state index in [1.165, 1.54) is 17.6 Å². The first-order chi connectivity index (χ1) is 11.3. The van der Waals surface area contributed by atoms with Crippen molar-refractivity contribution in [1.82, 2.24) is 20.3 Å². The van der Waals surface area contributed by atoms with Crippen molar-refractivity contribution in [2.24, 2.45) is 0 Å². The number of hydrogen-bond acceptors (Lipinski definition) is 8. The second-order valence-corrected chi connectivity index (χ2v) is 6.27. The van der Waals surface area contributed by atoms with Crippen LogP contribution in [0.1, 0.15) is 36.1 Å². The zero-order valence-corrected chi connectivity index (χ0v) is 12.9. The van der Waals surface area contributed by atoms with Crippen molar-refractivity contribution >= 4 is 22.4 Å². The molecule has 23 heavy (non-hydrogen) atoms. The lowest BCUT2D eigenvalue weighted by molar-refractivity contribution is -0.116. The lowest BCUT2D eigenvalue weighted by Gasteiger charge is -1.97. The van der Waals surface area contributed by atoms with E-state index in [1.54, 1.807) is 12.1 Å². The van der Waals surface area contributed by atoms with Crippen molar-refractivity contribution in [3.63, 3.8) is 0 Å². The van der Waals surface area contributed by atoms with E-state index in [2.05, 4.69) is 25.7 Å². The number of aromatic nitrogens is 4. The maximum atomic E-state index is 11.9. The first-order valence-corrected chi connectivity index (χ1v) is 8.09. The zero-order chi connectivity index (χ0) is 15.6. The minimum Gasteiger partial charge on any atom is -0.461 e. The third kappa shape index (κ3) is 3.29. The van der Waals surface area contributed by atoms with Crippen LogP contribution in [0.5, 0.6) is 0 Å². The van der Waals surface area contributed by atoms with Gasteiger partial charge in [-0.2, -0.15) is 4.98 Å². The zero-order valence-electron chi connectivity index (χ0n) is 12.1. The molecule has 0 bridgehead atoms. The Morgan fingerprint density at radius 3 is 3.09 bits per heavy atom. The van der Waals surface area contributed by atoms with E-state index < -0.39 is 0 Å². The number of hydrogen-bond donors (Lipinski definition) is 1. The van der Waals surface area contributed by atoms with Gasteiger partial charge in [0.1, 0.15) is 5.01 Å². The molecular weight excluding hydrogens is 318 g/mol. The summed E-state index contributed by atoms with van der Waals surface area (Å²) in [6.07, 6.45) is 4.46. The van der Waals surface area contributed by atoms with Crippen LogP contribution >= 0.6 is 11.3 Å². The Kier molecular flexibility index (Phi) is 3.62. The average Bonchev–Trinajstić information content (AvgIpc) is 3.00. The van der Waals surface area contributed by atoms with E-state index in [0.717, 1.165) is 17.8 Å². The van der Waals surface area contributed by atoms with Crippen LogP contribution in [0.4, 0.5) is 5.13 Å². The highest BCUT2D eigenvalue weighted by molar-refractivity contribution is 7.15. The van der Waals surface area contributed by atoms with E-state index in [4.69, 9.17) is 8.94 Å². The molecule has 1 amide bonds. The summed E-state index contributed by atoms with van der Waals surface area (Å²) in [6.45, 7) is 0.